The Morgan fingerprint density at radius 3 is 2.77 bits per heavy atom. The Labute approximate surface area is 200 Å². The fourth-order valence-corrected chi connectivity index (χ4v) is 6.22. The van der Waals surface area contributed by atoms with E-state index in [2.05, 4.69) is 21.4 Å². The second kappa shape index (κ2) is 8.01. The van der Waals surface area contributed by atoms with Crippen molar-refractivity contribution in [2.24, 2.45) is 11.8 Å². The molecule has 1 atom stereocenters. The molecule has 3 aromatic heterocycles. The number of hydrogen-bond acceptors (Lipinski definition) is 6. The second-order valence-corrected chi connectivity index (χ2v) is 9.60. The van der Waals surface area contributed by atoms with Crippen LogP contribution in [0.15, 0.2) is 36.7 Å². The lowest BCUT2D eigenvalue weighted by Gasteiger charge is -2.50. The van der Waals surface area contributed by atoms with Gasteiger partial charge in [-0.25, -0.2) is 19.3 Å². The lowest BCUT2D eigenvalue weighted by molar-refractivity contribution is -0.149. The van der Waals surface area contributed by atoms with Crippen LogP contribution in [-0.2, 0) is 4.79 Å². The highest BCUT2D eigenvalue weighted by Gasteiger charge is 2.52. The van der Waals surface area contributed by atoms with Gasteiger partial charge in [0.05, 0.1) is 28.7 Å². The molecule has 6 rings (SSSR count). The predicted molar refractivity (Wildman–Crippen MR) is 128 cm³/mol. The zero-order chi connectivity index (χ0) is 24.2. The summed E-state index contributed by atoms with van der Waals surface area (Å²) in [7, 11) is 0. The smallest absolute Gasteiger partial charge is 0.309 e. The third-order valence-electron chi connectivity index (χ3n) is 7.68. The number of aromatic nitrogens is 4. The van der Waals surface area contributed by atoms with E-state index in [1.807, 2.05) is 6.07 Å². The van der Waals surface area contributed by atoms with Gasteiger partial charge < -0.3 is 15.4 Å². The normalized spacial score (nSPS) is 23.8. The molecule has 1 aromatic carbocycles. The Morgan fingerprint density at radius 2 is 2.03 bits per heavy atom. The molecule has 2 aliphatic rings. The van der Waals surface area contributed by atoms with Crippen LogP contribution in [0.3, 0.4) is 0 Å². The van der Waals surface area contributed by atoms with Crippen LogP contribution in [0.5, 0.6) is 0 Å². The average molecular weight is 471 g/mol. The summed E-state index contributed by atoms with van der Waals surface area (Å²) >= 11 is 0. The minimum absolute atomic E-state index is 0.132. The molecule has 2 fully saturated rings. The molecule has 0 radical (unpaired) electrons. The third kappa shape index (κ3) is 3.40. The average Bonchev–Trinajstić information content (AvgIpc) is 3.26. The van der Waals surface area contributed by atoms with Gasteiger partial charge in [-0.2, -0.15) is 5.26 Å². The number of para-hydroxylation sites is 1. The summed E-state index contributed by atoms with van der Waals surface area (Å²) in [5.41, 5.74) is 1.29. The molecular weight excluding hydrogens is 447 g/mol. The van der Waals surface area contributed by atoms with Crippen LogP contribution >= 0.6 is 0 Å². The van der Waals surface area contributed by atoms with Gasteiger partial charge in [0, 0.05) is 22.5 Å². The number of anilines is 1. The zero-order valence-corrected chi connectivity index (χ0v) is 18.9. The number of carboxylic acid groups (broad SMARTS) is 1. The second-order valence-electron chi connectivity index (χ2n) is 9.60. The van der Waals surface area contributed by atoms with E-state index in [0.717, 1.165) is 44.7 Å². The molecule has 4 aromatic rings. The summed E-state index contributed by atoms with van der Waals surface area (Å²) < 4.78 is 14.0. The van der Waals surface area contributed by atoms with Gasteiger partial charge in [-0.3, -0.25) is 4.79 Å². The van der Waals surface area contributed by atoms with Crippen molar-refractivity contribution in [3.8, 4) is 17.5 Å². The standard InChI is InChI=1S/C26H23FN6O2/c27-16-10-18-19(13-30-22(18)29-12-16)23-31-21-15(11-28)4-1-7-17(21)24(32-23)33-26-8-2-5-14(6-3-9-26)20(26)25(34)35/h1,4,7,10,12-14,20H,2-3,5-6,8-9H2,(H,29,30)(H,34,35)(H,31,32,33). The topological polar surface area (TPSA) is 128 Å². The Balaban J connectivity index is 1.56. The first-order valence-corrected chi connectivity index (χ1v) is 11.8. The Kier molecular flexibility index (Phi) is 4.92. The molecule has 2 bridgehead atoms. The van der Waals surface area contributed by atoms with Crippen molar-refractivity contribution in [2.75, 3.05) is 5.32 Å². The number of halogens is 1. The van der Waals surface area contributed by atoms with Gasteiger partial charge in [0.15, 0.2) is 5.82 Å². The summed E-state index contributed by atoms with van der Waals surface area (Å²) in [5.74, 6) is -0.830. The Bertz CT molecular complexity index is 1510. The van der Waals surface area contributed by atoms with Gasteiger partial charge in [0.1, 0.15) is 23.4 Å². The van der Waals surface area contributed by atoms with Crippen LogP contribution in [0.25, 0.3) is 33.3 Å². The molecule has 35 heavy (non-hydrogen) atoms. The number of aliphatic carboxylic acids is 1. The lowest BCUT2D eigenvalue weighted by Crippen LogP contribution is -2.56. The molecular formula is C26H23FN6O2. The third-order valence-corrected chi connectivity index (χ3v) is 7.68. The van der Waals surface area contributed by atoms with Crippen molar-refractivity contribution in [3.63, 3.8) is 0 Å². The maximum atomic E-state index is 14.0. The molecule has 0 aliphatic heterocycles. The number of fused-ring (bicyclic) bond motifs is 4. The fraction of sp³-hybridized carbons (Fsp3) is 0.346. The molecule has 2 saturated carbocycles. The van der Waals surface area contributed by atoms with E-state index < -0.39 is 23.2 Å². The van der Waals surface area contributed by atoms with Crippen molar-refractivity contribution >= 4 is 33.7 Å². The number of pyridine rings is 1. The van der Waals surface area contributed by atoms with Crippen LogP contribution in [0.2, 0.25) is 0 Å². The van der Waals surface area contributed by atoms with Gasteiger partial charge in [-0.15, -0.1) is 0 Å². The number of nitrogens with one attached hydrogen (secondary N) is 2. The van der Waals surface area contributed by atoms with Gasteiger partial charge in [0.25, 0.3) is 0 Å². The highest BCUT2D eigenvalue weighted by atomic mass is 19.1. The van der Waals surface area contributed by atoms with Crippen LogP contribution in [0.4, 0.5) is 10.2 Å². The molecule has 9 heteroatoms. The highest BCUT2D eigenvalue weighted by Crippen LogP contribution is 2.49. The van der Waals surface area contributed by atoms with Crippen LogP contribution < -0.4 is 5.32 Å². The minimum Gasteiger partial charge on any atom is -0.481 e. The number of nitriles is 1. The molecule has 8 nitrogen and oxygen atoms in total. The molecule has 0 amide bonds. The number of aromatic amines is 1. The number of carboxylic acids is 1. The van der Waals surface area contributed by atoms with Crippen molar-refractivity contribution in [2.45, 2.75) is 44.1 Å². The van der Waals surface area contributed by atoms with E-state index in [-0.39, 0.29) is 5.92 Å². The number of rotatable bonds is 4. The molecule has 176 valence electrons. The molecule has 0 spiro atoms. The molecule has 2 aliphatic carbocycles. The van der Waals surface area contributed by atoms with E-state index in [0.29, 0.717) is 44.7 Å². The molecule has 0 saturated heterocycles. The summed E-state index contributed by atoms with van der Waals surface area (Å²) in [5, 5.41) is 24.7. The SMILES string of the molecule is N#Cc1cccc2c(NC34CCCC(CCC3)C4C(=O)O)nc(-c3c[nH]c4ncc(F)cc34)nc12. The predicted octanol–water partition coefficient (Wildman–Crippen LogP) is 5.02. The summed E-state index contributed by atoms with van der Waals surface area (Å²) in [6, 6.07) is 8.87. The lowest BCUT2D eigenvalue weighted by atomic mass is 9.59. The van der Waals surface area contributed by atoms with Crippen molar-refractivity contribution in [3.05, 3.63) is 48.0 Å². The Morgan fingerprint density at radius 1 is 1.23 bits per heavy atom. The number of hydrogen-bond donors (Lipinski definition) is 3. The van der Waals surface area contributed by atoms with Crippen LogP contribution in [0, 0.1) is 29.0 Å². The van der Waals surface area contributed by atoms with Crippen LogP contribution in [0.1, 0.15) is 44.1 Å². The molecule has 3 heterocycles. The monoisotopic (exact) mass is 470 g/mol. The van der Waals surface area contributed by atoms with Gasteiger partial charge in [0.2, 0.25) is 0 Å². The Hall–Kier alpha value is -4.06. The highest BCUT2D eigenvalue weighted by molar-refractivity contribution is 5.97. The van der Waals surface area contributed by atoms with E-state index in [1.54, 1.807) is 18.3 Å². The van der Waals surface area contributed by atoms with Gasteiger partial charge >= 0.3 is 5.97 Å². The zero-order valence-electron chi connectivity index (χ0n) is 18.9. The molecule has 3 N–H and O–H groups in total. The summed E-state index contributed by atoms with van der Waals surface area (Å²) in [6.07, 6.45) is 8.03. The van der Waals surface area contributed by atoms with Gasteiger partial charge in [-0.1, -0.05) is 18.9 Å². The van der Waals surface area contributed by atoms with Gasteiger partial charge in [-0.05, 0) is 49.8 Å². The first-order chi connectivity index (χ1) is 17.0. The van der Waals surface area contributed by atoms with Crippen molar-refractivity contribution < 1.29 is 14.3 Å². The largest absolute Gasteiger partial charge is 0.481 e. The maximum absolute atomic E-state index is 14.0. The first-order valence-electron chi connectivity index (χ1n) is 11.8. The number of nitrogens with zero attached hydrogens (tertiary/aromatic N) is 4. The van der Waals surface area contributed by atoms with E-state index in [4.69, 9.17) is 9.97 Å². The van der Waals surface area contributed by atoms with Crippen molar-refractivity contribution in [1.82, 2.24) is 19.9 Å². The summed E-state index contributed by atoms with van der Waals surface area (Å²) in [6.45, 7) is 0. The van der Waals surface area contributed by atoms with E-state index in [1.165, 1.54) is 6.07 Å². The van der Waals surface area contributed by atoms with Crippen LogP contribution in [-0.4, -0.2) is 36.6 Å². The number of benzene rings is 1. The van der Waals surface area contributed by atoms with E-state index >= 15 is 0 Å². The fourth-order valence-electron chi connectivity index (χ4n) is 6.22. The minimum atomic E-state index is -0.781. The quantitative estimate of drug-likeness (QED) is 0.382. The maximum Gasteiger partial charge on any atom is 0.309 e. The van der Waals surface area contributed by atoms with Crippen molar-refractivity contribution in [1.29, 1.82) is 5.26 Å². The first kappa shape index (κ1) is 21.5. The molecule has 1 unspecified atom stereocenters. The summed E-state index contributed by atoms with van der Waals surface area (Å²) in [4.78, 5) is 29.0. The number of H-pyrrole nitrogens is 1. The number of carbonyl (C=O) groups is 1. The van der Waals surface area contributed by atoms with E-state index in [9.17, 15) is 19.6 Å².